The van der Waals surface area contributed by atoms with Crippen LogP contribution in [0.5, 0.6) is 0 Å². The predicted octanol–water partition coefficient (Wildman–Crippen LogP) is 1.94. The van der Waals surface area contributed by atoms with E-state index in [-0.39, 0.29) is 46.6 Å². The highest BCUT2D eigenvalue weighted by molar-refractivity contribution is 6.09. The van der Waals surface area contributed by atoms with Crippen LogP contribution in [0.15, 0.2) is 42.6 Å². The second-order valence-electron chi connectivity index (χ2n) is 4.90. The summed E-state index contributed by atoms with van der Waals surface area (Å²) in [5.41, 5.74) is 12.9. The lowest BCUT2D eigenvalue weighted by Gasteiger charge is -2.06. The van der Waals surface area contributed by atoms with Crippen LogP contribution in [0.4, 0.5) is 11.5 Å². The number of methoxy groups -OCH3 is 1. The molecule has 0 atom stereocenters. The summed E-state index contributed by atoms with van der Waals surface area (Å²) >= 11 is 0. The van der Waals surface area contributed by atoms with Crippen molar-refractivity contribution in [1.29, 1.82) is 0 Å². The third kappa shape index (κ3) is 2.77. The summed E-state index contributed by atoms with van der Waals surface area (Å²) in [5.74, 6) is -0.547. The van der Waals surface area contributed by atoms with Crippen LogP contribution < -0.4 is 11.5 Å². The topological polar surface area (TPSA) is 113 Å². The first kappa shape index (κ1) is 17.3. The highest BCUT2D eigenvalue weighted by Gasteiger charge is 2.20. The van der Waals surface area contributed by atoms with Crippen LogP contribution in [0, 0.1) is 0 Å². The molecule has 24 heavy (non-hydrogen) atoms. The zero-order valence-electron chi connectivity index (χ0n) is 12.7. The molecule has 8 heteroatoms. The van der Waals surface area contributed by atoms with Gasteiger partial charge in [0.15, 0.2) is 5.82 Å². The van der Waals surface area contributed by atoms with Gasteiger partial charge in [-0.3, -0.25) is 9.20 Å². The number of nitrogen functional groups attached to an aromatic ring is 2. The van der Waals surface area contributed by atoms with E-state index in [4.69, 9.17) is 11.5 Å². The Kier molecular flexibility index (Phi) is 4.75. The molecular weight excluding hydrogens is 332 g/mol. The molecule has 1 aromatic carbocycles. The number of nitrogens with two attached hydrogens (primary N) is 2. The van der Waals surface area contributed by atoms with Gasteiger partial charge in [-0.05, 0) is 30.3 Å². The minimum Gasteiger partial charge on any atom is -0.465 e. The zero-order valence-corrected chi connectivity index (χ0v) is 13.5. The lowest BCUT2D eigenvalue weighted by molar-refractivity contribution is 0.0602. The molecule has 4 N–H and O–H groups in total. The molecule has 0 aliphatic heterocycles. The molecule has 0 bridgehead atoms. The molecule has 0 fully saturated rings. The monoisotopic (exact) mass is 346 g/mol. The Morgan fingerprint density at radius 3 is 2.62 bits per heavy atom. The molecule has 0 radical (unpaired) electrons. The van der Waals surface area contributed by atoms with Crippen molar-refractivity contribution in [2.45, 2.75) is 0 Å². The fourth-order valence-corrected chi connectivity index (χ4v) is 2.34. The molecule has 0 saturated heterocycles. The maximum absolute atomic E-state index is 12.7. The minimum absolute atomic E-state index is 0. The molecule has 0 aliphatic carbocycles. The number of hydrogen-bond acceptors (Lipinski definition) is 6. The van der Waals surface area contributed by atoms with Crippen LogP contribution in [0.25, 0.3) is 5.52 Å². The van der Waals surface area contributed by atoms with E-state index in [1.165, 1.54) is 25.3 Å². The summed E-state index contributed by atoms with van der Waals surface area (Å²) < 4.78 is 6.26. The number of ether oxygens (including phenoxy) is 1. The second-order valence-corrected chi connectivity index (χ2v) is 4.90. The van der Waals surface area contributed by atoms with Crippen LogP contribution in [0.3, 0.4) is 0 Å². The second kappa shape index (κ2) is 6.59. The quantitative estimate of drug-likeness (QED) is 0.425. The number of esters is 1. The third-order valence-electron chi connectivity index (χ3n) is 3.50. The number of halogens is 1. The number of rotatable bonds is 3. The summed E-state index contributed by atoms with van der Waals surface area (Å²) in [6, 6.07) is 9.75. The van der Waals surface area contributed by atoms with Crippen LogP contribution in [0.2, 0.25) is 0 Å². The maximum atomic E-state index is 12.7. The Bertz CT molecular complexity index is 936. The van der Waals surface area contributed by atoms with E-state index in [0.717, 1.165) is 0 Å². The van der Waals surface area contributed by atoms with E-state index >= 15 is 0 Å². The molecule has 3 aromatic rings. The highest BCUT2D eigenvalue weighted by atomic mass is 35.5. The SMILES string of the molecule is COC(=O)c1cc(C(=O)c2nc(N)c3ccccn23)ccc1N.Cl. The summed E-state index contributed by atoms with van der Waals surface area (Å²) in [5, 5.41) is 0. The molecule has 3 rings (SSSR count). The van der Waals surface area contributed by atoms with Gasteiger partial charge in [0.25, 0.3) is 0 Å². The molecule has 0 amide bonds. The highest BCUT2D eigenvalue weighted by Crippen LogP contribution is 2.20. The molecular formula is C16H15ClN4O3. The first-order chi connectivity index (χ1) is 11.0. The molecule has 0 aliphatic rings. The number of aromatic nitrogens is 2. The third-order valence-corrected chi connectivity index (χ3v) is 3.50. The van der Waals surface area contributed by atoms with Gasteiger partial charge in [0, 0.05) is 17.4 Å². The number of carbonyl (C=O) groups is 2. The van der Waals surface area contributed by atoms with Crippen molar-refractivity contribution in [3.8, 4) is 0 Å². The van der Waals surface area contributed by atoms with E-state index in [2.05, 4.69) is 9.72 Å². The molecule has 0 spiro atoms. The van der Waals surface area contributed by atoms with Crippen molar-refractivity contribution in [3.05, 3.63) is 59.5 Å². The Morgan fingerprint density at radius 2 is 1.92 bits per heavy atom. The summed E-state index contributed by atoms with van der Waals surface area (Å²) in [4.78, 5) is 28.6. The lowest BCUT2D eigenvalue weighted by atomic mass is 10.0. The lowest BCUT2D eigenvalue weighted by Crippen LogP contribution is -2.11. The van der Waals surface area contributed by atoms with Gasteiger partial charge in [-0.1, -0.05) is 6.07 Å². The van der Waals surface area contributed by atoms with Crippen molar-refractivity contribution in [3.63, 3.8) is 0 Å². The largest absolute Gasteiger partial charge is 0.465 e. The maximum Gasteiger partial charge on any atom is 0.339 e. The first-order valence-corrected chi connectivity index (χ1v) is 6.78. The van der Waals surface area contributed by atoms with Gasteiger partial charge in [-0.2, -0.15) is 0 Å². The first-order valence-electron chi connectivity index (χ1n) is 6.78. The van der Waals surface area contributed by atoms with Gasteiger partial charge in [0.2, 0.25) is 5.78 Å². The molecule has 2 aromatic heterocycles. The summed E-state index contributed by atoms with van der Waals surface area (Å²) in [7, 11) is 1.25. The number of anilines is 2. The number of hydrogen-bond donors (Lipinski definition) is 2. The zero-order chi connectivity index (χ0) is 16.6. The normalized spacial score (nSPS) is 10.2. The fourth-order valence-electron chi connectivity index (χ4n) is 2.34. The average molecular weight is 347 g/mol. The minimum atomic E-state index is -0.607. The van der Waals surface area contributed by atoms with Crippen molar-refractivity contribution in [1.82, 2.24) is 9.38 Å². The number of fused-ring (bicyclic) bond motifs is 1. The van der Waals surface area contributed by atoms with Crippen molar-refractivity contribution >= 4 is 41.2 Å². The van der Waals surface area contributed by atoms with Crippen molar-refractivity contribution in [2.24, 2.45) is 0 Å². The molecule has 7 nitrogen and oxygen atoms in total. The smallest absolute Gasteiger partial charge is 0.339 e. The Balaban J connectivity index is 0.00000208. The number of benzene rings is 1. The van der Waals surface area contributed by atoms with Gasteiger partial charge in [-0.25, -0.2) is 9.78 Å². The number of pyridine rings is 1. The number of imidazole rings is 1. The number of carbonyl (C=O) groups excluding carboxylic acids is 2. The van der Waals surface area contributed by atoms with E-state index in [1.807, 2.05) is 0 Å². The van der Waals surface area contributed by atoms with Gasteiger partial charge in [0.05, 0.1) is 18.2 Å². The van der Waals surface area contributed by atoms with Gasteiger partial charge >= 0.3 is 5.97 Å². The van der Waals surface area contributed by atoms with Crippen LogP contribution >= 0.6 is 12.4 Å². The van der Waals surface area contributed by atoms with E-state index < -0.39 is 5.97 Å². The molecule has 2 heterocycles. The van der Waals surface area contributed by atoms with Gasteiger partial charge < -0.3 is 16.2 Å². The van der Waals surface area contributed by atoms with E-state index in [1.54, 1.807) is 28.8 Å². The van der Waals surface area contributed by atoms with Crippen LogP contribution in [-0.2, 0) is 4.74 Å². The standard InChI is InChI=1S/C16H14N4O3.ClH/c1-23-16(22)10-8-9(5-6-11(10)17)13(21)15-19-14(18)12-4-2-3-7-20(12)15;/h2-8H,17-18H2,1H3;1H. The van der Waals surface area contributed by atoms with E-state index in [0.29, 0.717) is 5.52 Å². The Labute approximate surface area is 143 Å². The van der Waals surface area contributed by atoms with Crippen molar-refractivity contribution < 1.29 is 14.3 Å². The van der Waals surface area contributed by atoms with Crippen LogP contribution in [0.1, 0.15) is 26.5 Å². The van der Waals surface area contributed by atoms with Crippen LogP contribution in [-0.4, -0.2) is 28.2 Å². The van der Waals surface area contributed by atoms with Crippen molar-refractivity contribution in [2.75, 3.05) is 18.6 Å². The van der Waals surface area contributed by atoms with E-state index in [9.17, 15) is 9.59 Å². The van der Waals surface area contributed by atoms with Gasteiger partial charge in [0.1, 0.15) is 5.82 Å². The Hall–Kier alpha value is -3.06. The van der Waals surface area contributed by atoms with Gasteiger partial charge in [-0.15, -0.1) is 12.4 Å². The molecule has 0 saturated carbocycles. The fraction of sp³-hybridized carbons (Fsp3) is 0.0625. The molecule has 0 unspecified atom stereocenters. The Morgan fingerprint density at radius 1 is 1.17 bits per heavy atom. The average Bonchev–Trinajstić information content (AvgIpc) is 2.91. The number of nitrogens with zero attached hydrogens (tertiary/aromatic N) is 2. The number of ketones is 1. The summed E-state index contributed by atoms with van der Waals surface area (Å²) in [6.45, 7) is 0. The predicted molar refractivity (Wildman–Crippen MR) is 92.5 cm³/mol. The molecule has 124 valence electrons. The summed E-state index contributed by atoms with van der Waals surface area (Å²) in [6.07, 6.45) is 1.70.